The first-order valence-corrected chi connectivity index (χ1v) is 11.1. The normalized spacial score (nSPS) is 11.2. The highest BCUT2D eigenvalue weighted by molar-refractivity contribution is 5.40. The molecule has 3 heteroatoms. The molecule has 0 aliphatic heterocycles. The Balaban J connectivity index is 2.07. The van der Waals surface area contributed by atoms with Crippen molar-refractivity contribution >= 4 is 0 Å². The molecule has 0 aliphatic carbocycles. The minimum Gasteiger partial charge on any atom is -0.493 e. The third-order valence-corrected chi connectivity index (χ3v) is 4.71. The van der Waals surface area contributed by atoms with Crippen LogP contribution in [0, 0.1) is 17.7 Å². The largest absolute Gasteiger partial charge is 0.493 e. The molecule has 0 saturated heterocycles. The number of unbranched alkanes of at least 4 members (excludes halogenated alkanes) is 11. The first kappa shape index (κ1) is 24.5. The van der Waals surface area contributed by atoms with Gasteiger partial charge < -0.3 is 9.84 Å². The van der Waals surface area contributed by atoms with E-state index in [1.165, 1.54) is 70.3 Å². The molecule has 0 amide bonds. The molecular weight excluding hydrogens is 351 g/mol. The van der Waals surface area contributed by atoms with Crippen LogP contribution in [0.25, 0.3) is 0 Å². The van der Waals surface area contributed by atoms with Gasteiger partial charge in [-0.25, -0.2) is 4.39 Å². The van der Waals surface area contributed by atoms with Crippen molar-refractivity contribution in [3.63, 3.8) is 0 Å². The Hall–Kier alpha value is -1.53. The maximum Gasteiger partial charge on any atom is 0.142 e. The molecule has 28 heavy (non-hydrogen) atoms. The topological polar surface area (TPSA) is 29.5 Å². The Morgan fingerprint density at radius 3 is 1.93 bits per heavy atom. The SMILES string of the molecule is CCCCCCCCCCCCCCOc1ccc(C#CC(C)(C)O)c(F)c1. The summed E-state index contributed by atoms with van der Waals surface area (Å²) in [6.07, 6.45) is 15.7. The lowest BCUT2D eigenvalue weighted by Gasteiger charge is -2.08. The number of benzene rings is 1. The van der Waals surface area contributed by atoms with Gasteiger partial charge in [0.1, 0.15) is 17.2 Å². The second kappa shape index (κ2) is 14.5. The van der Waals surface area contributed by atoms with Crippen molar-refractivity contribution < 1.29 is 14.2 Å². The Kier molecular flexibility index (Phi) is 12.7. The fourth-order valence-corrected chi connectivity index (χ4v) is 3.04. The highest BCUT2D eigenvalue weighted by Crippen LogP contribution is 2.17. The van der Waals surface area contributed by atoms with Gasteiger partial charge in [0, 0.05) is 6.07 Å². The van der Waals surface area contributed by atoms with Gasteiger partial charge in [-0.05, 0) is 32.4 Å². The molecule has 0 bridgehead atoms. The quantitative estimate of drug-likeness (QED) is 0.273. The predicted molar refractivity (Wildman–Crippen MR) is 116 cm³/mol. The number of hydrogen-bond acceptors (Lipinski definition) is 2. The average molecular weight is 391 g/mol. The van der Waals surface area contributed by atoms with Crippen LogP contribution in [0.2, 0.25) is 0 Å². The molecule has 0 fully saturated rings. The maximum atomic E-state index is 14.0. The first-order valence-electron chi connectivity index (χ1n) is 11.1. The van der Waals surface area contributed by atoms with Crippen LogP contribution in [-0.2, 0) is 0 Å². The van der Waals surface area contributed by atoms with Gasteiger partial charge in [-0.3, -0.25) is 0 Å². The Bertz CT molecular complexity index is 593. The molecule has 158 valence electrons. The minimum atomic E-state index is -1.13. The van der Waals surface area contributed by atoms with Crippen molar-refractivity contribution in [1.29, 1.82) is 0 Å². The third kappa shape index (κ3) is 12.8. The van der Waals surface area contributed by atoms with E-state index in [1.54, 1.807) is 26.0 Å². The van der Waals surface area contributed by atoms with Crippen LogP contribution in [-0.4, -0.2) is 17.3 Å². The molecule has 0 aromatic heterocycles. The van der Waals surface area contributed by atoms with E-state index in [1.807, 2.05) is 0 Å². The number of hydrogen-bond donors (Lipinski definition) is 1. The van der Waals surface area contributed by atoms with Crippen molar-refractivity contribution in [2.45, 2.75) is 103 Å². The summed E-state index contributed by atoms with van der Waals surface area (Å²) in [5.74, 6) is 5.41. The molecule has 0 unspecified atom stereocenters. The highest BCUT2D eigenvalue weighted by Gasteiger charge is 2.07. The number of aliphatic hydroxyl groups is 1. The Morgan fingerprint density at radius 2 is 1.43 bits per heavy atom. The van der Waals surface area contributed by atoms with Crippen LogP contribution >= 0.6 is 0 Å². The van der Waals surface area contributed by atoms with Gasteiger partial charge in [-0.1, -0.05) is 89.4 Å². The monoisotopic (exact) mass is 390 g/mol. The lowest BCUT2D eigenvalue weighted by atomic mass is 10.1. The fourth-order valence-electron chi connectivity index (χ4n) is 3.04. The summed E-state index contributed by atoms with van der Waals surface area (Å²) in [6.45, 7) is 6.02. The molecule has 0 radical (unpaired) electrons. The standard InChI is InChI=1S/C25H39FO2/c1-4-5-6-7-8-9-10-11-12-13-14-15-20-28-23-17-16-22(24(26)21-23)18-19-25(2,3)27/h16-17,21,27H,4-15,20H2,1-3H3. The van der Waals surface area contributed by atoms with E-state index in [-0.39, 0.29) is 5.56 Å². The molecule has 1 rings (SSSR count). The zero-order valence-corrected chi connectivity index (χ0v) is 18.2. The maximum absolute atomic E-state index is 14.0. The molecule has 1 N–H and O–H groups in total. The summed E-state index contributed by atoms with van der Waals surface area (Å²) in [6, 6.07) is 4.71. The second-order valence-electron chi connectivity index (χ2n) is 8.19. The van der Waals surface area contributed by atoms with Gasteiger partial charge >= 0.3 is 0 Å². The van der Waals surface area contributed by atoms with Crippen molar-refractivity contribution in [3.8, 4) is 17.6 Å². The van der Waals surface area contributed by atoms with Crippen LogP contribution in [0.15, 0.2) is 18.2 Å². The lowest BCUT2D eigenvalue weighted by molar-refractivity contribution is 0.143. The van der Waals surface area contributed by atoms with Crippen molar-refractivity contribution in [2.75, 3.05) is 6.61 Å². The molecule has 2 nitrogen and oxygen atoms in total. The smallest absolute Gasteiger partial charge is 0.142 e. The van der Waals surface area contributed by atoms with Crippen molar-refractivity contribution in [2.24, 2.45) is 0 Å². The van der Waals surface area contributed by atoms with Crippen LogP contribution < -0.4 is 4.74 Å². The second-order valence-corrected chi connectivity index (χ2v) is 8.19. The lowest BCUT2D eigenvalue weighted by Crippen LogP contribution is -2.14. The molecule has 0 heterocycles. The minimum absolute atomic E-state index is 0.278. The summed E-state index contributed by atoms with van der Waals surface area (Å²) in [5, 5.41) is 9.59. The predicted octanol–water partition coefficient (Wildman–Crippen LogP) is 7.03. The van der Waals surface area contributed by atoms with Crippen molar-refractivity contribution in [3.05, 3.63) is 29.6 Å². The zero-order chi connectivity index (χ0) is 20.7. The summed E-state index contributed by atoms with van der Waals surface area (Å²) in [4.78, 5) is 0. The third-order valence-electron chi connectivity index (χ3n) is 4.71. The molecule has 1 aromatic carbocycles. The van der Waals surface area contributed by atoms with Gasteiger partial charge in [-0.15, -0.1) is 0 Å². The molecule has 0 aliphatic rings. The van der Waals surface area contributed by atoms with E-state index in [0.717, 1.165) is 12.8 Å². The van der Waals surface area contributed by atoms with Crippen LogP contribution in [0.4, 0.5) is 4.39 Å². The van der Waals surface area contributed by atoms with E-state index in [9.17, 15) is 9.50 Å². The van der Waals surface area contributed by atoms with Gasteiger partial charge in [0.2, 0.25) is 0 Å². The average Bonchev–Trinajstić information content (AvgIpc) is 2.64. The van der Waals surface area contributed by atoms with E-state index in [4.69, 9.17) is 4.74 Å². The van der Waals surface area contributed by atoms with Gasteiger partial charge in [-0.2, -0.15) is 0 Å². The zero-order valence-electron chi connectivity index (χ0n) is 18.2. The van der Waals surface area contributed by atoms with Gasteiger partial charge in [0.25, 0.3) is 0 Å². The summed E-state index contributed by atoms with van der Waals surface area (Å²) in [7, 11) is 0. The van der Waals surface area contributed by atoms with Crippen LogP contribution in [0.3, 0.4) is 0 Å². The molecule has 1 aromatic rings. The molecule has 0 saturated carbocycles. The molecule has 0 atom stereocenters. The summed E-state index contributed by atoms with van der Waals surface area (Å²) >= 11 is 0. The number of rotatable bonds is 14. The molecular formula is C25H39FO2. The van der Waals surface area contributed by atoms with Crippen LogP contribution in [0.1, 0.15) is 103 Å². The van der Waals surface area contributed by atoms with Gasteiger partial charge in [0.05, 0.1) is 12.2 Å². The first-order chi connectivity index (χ1) is 13.4. The van der Waals surface area contributed by atoms with Crippen molar-refractivity contribution in [1.82, 2.24) is 0 Å². The van der Waals surface area contributed by atoms with Crippen LogP contribution in [0.5, 0.6) is 5.75 Å². The fraction of sp³-hybridized carbons (Fsp3) is 0.680. The summed E-state index contributed by atoms with van der Waals surface area (Å²) in [5.41, 5.74) is -0.851. The van der Waals surface area contributed by atoms with E-state index < -0.39 is 11.4 Å². The van der Waals surface area contributed by atoms with E-state index in [0.29, 0.717) is 12.4 Å². The highest BCUT2D eigenvalue weighted by atomic mass is 19.1. The number of ether oxygens (including phenoxy) is 1. The Morgan fingerprint density at radius 1 is 0.893 bits per heavy atom. The number of halogens is 1. The Labute approximate surface area is 171 Å². The summed E-state index contributed by atoms with van der Waals surface area (Å²) < 4.78 is 19.7. The van der Waals surface area contributed by atoms with E-state index >= 15 is 0 Å². The van der Waals surface area contributed by atoms with Gasteiger partial charge in [0.15, 0.2) is 0 Å². The molecule has 0 spiro atoms. The van der Waals surface area contributed by atoms with E-state index in [2.05, 4.69) is 18.8 Å².